The van der Waals surface area contributed by atoms with Crippen LogP contribution >= 0.6 is 27.7 Å². The molecule has 2 aromatic carbocycles. The van der Waals surface area contributed by atoms with E-state index in [1.807, 2.05) is 11.8 Å². The lowest BCUT2D eigenvalue weighted by molar-refractivity contribution is 0.573. The van der Waals surface area contributed by atoms with Crippen LogP contribution < -0.4 is 5.32 Å². The maximum atomic E-state index is 3.52. The Labute approximate surface area is 134 Å². The van der Waals surface area contributed by atoms with Gasteiger partial charge in [-0.05, 0) is 43.7 Å². The summed E-state index contributed by atoms with van der Waals surface area (Å²) in [5.74, 6) is 1.10. The third-order valence-corrected chi connectivity index (χ3v) is 4.93. The Morgan fingerprint density at radius 1 is 1.10 bits per heavy atom. The van der Waals surface area contributed by atoms with Crippen molar-refractivity contribution in [1.82, 2.24) is 5.32 Å². The van der Waals surface area contributed by atoms with E-state index in [1.165, 1.54) is 16.9 Å². The predicted molar refractivity (Wildman–Crippen MR) is 92.5 cm³/mol. The lowest BCUT2D eigenvalue weighted by Crippen LogP contribution is -2.28. The number of hydrogen-bond acceptors (Lipinski definition) is 2. The topological polar surface area (TPSA) is 12.0 Å². The van der Waals surface area contributed by atoms with Gasteiger partial charge in [-0.1, -0.05) is 52.3 Å². The van der Waals surface area contributed by atoms with Crippen LogP contribution in [-0.4, -0.2) is 18.8 Å². The summed E-state index contributed by atoms with van der Waals surface area (Å²) in [4.78, 5) is 1.32. The van der Waals surface area contributed by atoms with E-state index in [-0.39, 0.29) is 0 Å². The van der Waals surface area contributed by atoms with Crippen LogP contribution in [0.5, 0.6) is 0 Å². The van der Waals surface area contributed by atoms with Crippen molar-refractivity contribution in [2.45, 2.75) is 23.8 Å². The Hall–Kier alpha value is -0.770. The molecule has 20 heavy (non-hydrogen) atoms. The summed E-state index contributed by atoms with van der Waals surface area (Å²) in [5.41, 5.74) is 1.42. The molecule has 0 spiro atoms. The lowest BCUT2D eigenvalue weighted by Gasteiger charge is -2.15. The van der Waals surface area contributed by atoms with Crippen molar-refractivity contribution in [3.63, 3.8) is 0 Å². The monoisotopic (exact) mass is 349 g/mol. The largest absolute Gasteiger partial charge is 0.316 e. The molecule has 0 bridgehead atoms. The lowest BCUT2D eigenvalue weighted by atomic mass is 10.1. The molecule has 3 heteroatoms. The molecule has 1 nitrogen and oxygen atoms in total. The third-order valence-electron chi connectivity index (χ3n) is 3.28. The van der Waals surface area contributed by atoms with Crippen molar-refractivity contribution in [2.75, 3.05) is 12.8 Å². The van der Waals surface area contributed by atoms with Gasteiger partial charge >= 0.3 is 0 Å². The van der Waals surface area contributed by atoms with Crippen LogP contribution in [0.4, 0.5) is 0 Å². The van der Waals surface area contributed by atoms with E-state index in [1.54, 1.807) is 0 Å². The number of halogens is 1. The van der Waals surface area contributed by atoms with Crippen LogP contribution in [0.2, 0.25) is 0 Å². The predicted octanol–water partition coefficient (Wildman–Crippen LogP) is 4.76. The summed E-state index contributed by atoms with van der Waals surface area (Å²) >= 11 is 5.43. The van der Waals surface area contributed by atoms with Crippen LogP contribution in [0.1, 0.15) is 12.0 Å². The van der Waals surface area contributed by atoms with Crippen LogP contribution in [0.3, 0.4) is 0 Å². The molecule has 106 valence electrons. The first kappa shape index (κ1) is 15.6. The Morgan fingerprint density at radius 3 is 2.60 bits per heavy atom. The zero-order valence-electron chi connectivity index (χ0n) is 11.7. The standard InChI is InChI=1S/C17H20BrNS/c1-19-16(11-10-14-6-3-2-4-7-14)13-20-17-9-5-8-15(18)12-17/h2-9,12,16,19H,10-11,13H2,1H3. The minimum absolute atomic E-state index is 0.541. The second-order valence-corrected chi connectivity index (χ2v) is 6.79. The van der Waals surface area contributed by atoms with Gasteiger partial charge in [-0.3, -0.25) is 0 Å². The van der Waals surface area contributed by atoms with E-state index in [4.69, 9.17) is 0 Å². The minimum atomic E-state index is 0.541. The molecule has 0 amide bonds. The summed E-state index contributed by atoms with van der Waals surface area (Å²) in [6.45, 7) is 0. The number of hydrogen-bond donors (Lipinski definition) is 1. The van der Waals surface area contributed by atoms with Crippen LogP contribution in [-0.2, 0) is 6.42 Å². The van der Waals surface area contributed by atoms with Gasteiger partial charge in [0.05, 0.1) is 0 Å². The van der Waals surface area contributed by atoms with Gasteiger partial charge in [-0.25, -0.2) is 0 Å². The van der Waals surface area contributed by atoms with Gasteiger partial charge in [0, 0.05) is 21.2 Å². The fourth-order valence-corrected chi connectivity index (χ4v) is 3.71. The number of nitrogens with one attached hydrogen (secondary N) is 1. The highest BCUT2D eigenvalue weighted by Crippen LogP contribution is 2.23. The highest BCUT2D eigenvalue weighted by molar-refractivity contribution is 9.10. The second kappa shape index (κ2) is 8.50. The van der Waals surface area contributed by atoms with Crippen LogP contribution in [0, 0.1) is 0 Å². The fraction of sp³-hybridized carbons (Fsp3) is 0.294. The molecule has 0 saturated carbocycles. The quantitative estimate of drug-likeness (QED) is 0.723. The number of rotatable bonds is 7. The molecule has 0 aliphatic rings. The van der Waals surface area contributed by atoms with Crippen LogP contribution in [0.25, 0.3) is 0 Å². The van der Waals surface area contributed by atoms with E-state index in [2.05, 4.69) is 82.9 Å². The molecule has 0 saturated heterocycles. The molecule has 1 atom stereocenters. The van der Waals surface area contributed by atoms with Gasteiger partial charge in [0.1, 0.15) is 0 Å². The van der Waals surface area contributed by atoms with Gasteiger partial charge in [0.15, 0.2) is 0 Å². The van der Waals surface area contributed by atoms with E-state index in [0.717, 1.165) is 16.6 Å². The minimum Gasteiger partial charge on any atom is -0.316 e. The van der Waals surface area contributed by atoms with Crippen molar-refractivity contribution in [2.24, 2.45) is 0 Å². The zero-order chi connectivity index (χ0) is 14.2. The highest BCUT2D eigenvalue weighted by Gasteiger charge is 2.07. The van der Waals surface area contributed by atoms with Gasteiger partial charge in [-0.2, -0.15) is 0 Å². The molecular formula is C17H20BrNS. The van der Waals surface area contributed by atoms with E-state index in [0.29, 0.717) is 6.04 Å². The van der Waals surface area contributed by atoms with E-state index in [9.17, 15) is 0 Å². The first-order valence-electron chi connectivity index (χ1n) is 6.87. The Kier molecular flexibility index (Phi) is 6.64. The first-order chi connectivity index (χ1) is 9.78. The average molecular weight is 350 g/mol. The number of thioether (sulfide) groups is 1. The fourth-order valence-electron chi connectivity index (χ4n) is 2.05. The summed E-state index contributed by atoms with van der Waals surface area (Å²) < 4.78 is 1.15. The molecule has 0 heterocycles. The van der Waals surface area contributed by atoms with Crippen molar-refractivity contribution < 1.29 is 0 Å². The zero-order valence-corrected chi connectivity index (χ0v) is 14.1. The SMILES string of the molecule is CNC(CCc1ccccc1)CSc1cccc(Br)c1. The second-order valence-electron chi connectivity index (χ2n) is 4.78. The van der Waals surface area contributed by atoms with Crippen molar-refractivity contribution in [1.29, 1.82) is 0 Å². The molecule has 0 fully saturated rings. The van der Waals surface area contributed by atoms with Gasteiger partial charge in [0.2, 0.25) is 0 Å². The Bertz CT molecular complexity index is 515. The summed E-state index contributed by atoms with van der Waals surface area (Å²) in [7, 11) is 2.05. The van der Waals surface area contributed by atoms with E-state index >= 15 is 0 Å². The molecular weight excluding hydrogens is 330 g/mol. The molecule has 2 rings (SSSR count). The summed E-state index contributed by atoms with van der Waals surface area (Å²) in [5, 5.41) is 3.42. The number of aryl methyl sites for hydroxylation is 1. The molecule has 0 aromatic heterocycles. The Morgan fingerprint density at radius 2 is 1.90 bits per heavy atom. The molecule has 0 radical (unpaired) electrons. The maximum Gasteiger partial charge on any atom is 0.0186 e. The Balaban J connectivity index is 1.80. The third kappa shape index (κ3) is 5.31. The molecule has 0 aliphatic heterocycles. The van der Waals surface area contributed by atoms with Crippen LogP contribution in [0.15, 0.2) is 64.0 Å². The van der Waals surface area contributed by atoms with E-state index < -0.39 is 0 Å². The van der Waals surface area contributed by atoms with Gasteiger partial charge < -0.3 is 5.32 Å². The van der Waals surface area contributed by atoms with Crippen molar-refractivity contribution >= 4 is 27.7 Å². The van der Waals surface area contributed by atoms with Gasteiger partial charge in [0.25, 0.3) is 0 Å². The normalized spacial score (nSPS) is 12.3. The first-order valence-corrected chi connectivity index (χ1v) is 8.65. The molecule has 1 unspecified atom stereocenters. The smallest absolute Gasteiger partial charge is 0.0186 e. The average Bonchev–Trinajstić information content (AvgIpc) is 2.48. The van der Waals surface area contributed by atoms with Crippen molar-refractivity contribution in [3.05, 3.63) is 64.6 Å². The molecule has 2 aromatic rings. The maximum absolute atomic E-state index is 3.52. The highest BCUT2D eigenvalue weighted by atomic mass is 79.9. The van der Waals surface area contributed by atoms with Gasteiger partial charge in [-0.15, -0.1) is 11.8 Å². The molecule has 1 N–H and O–H groups in total. The number of benzene rings is 2. The van der Waals surface area contributed by atoms with Crippen molar-refractivity contribution in [3.8, 4) is 0 Å². The summed E-state index contributed by atoms with van der Waals surface area (Å²) in [6, 6.07) is 19.7. The summed E-state index contributed by atoms with van der Waals surface area (Å²) in [6.07, 6.45) is 2.30. The molecule has 0 aliphatic carbocycles.